The molecule has 138 valence electrons. The summed E-state index contributed by atoms with van der Waals surface area (Å²) >= 11 is 6.85. The Morgan fingerprint density at radius 1 is 1.35 bits per heavy atom. The van der Waals surface area contributed by atoms with Crippen molar-refractivity contribution in [1.29, 1.82) is 0 Å². The topological polar surface area (TPSA) is 111 Å². The van der Waals surface area contributed by atoms with Gasteiger partial charge in [-0.15, -0.1) is 11.3 Å². The molecule has 2 heterocycles. The molecule has 0 radical (unpaired) electrons. The van der Waals surface area contributed by atoms with Gasteiger partial charge in [0, 0.05) is 18.1 Å². The molecular weight excluding hydrogens is 374 g/mol. The number of hydrogen-bond acceptors (Lipinski definition) is 6. The summed E-state index contributed by atoms with van der Waals surface area (Å²) in [6, 6.07) is 0. The molecule has 0 saturated heterocycles. The van der Waals surface area contributed by atoms with E-state index in [0.717, 1.165) is 31.2 Å². The van der Waals surface area contributed by atoms with Crippen molar-refractivity contribution in [3.63, 3.8) is 0 Å². The lowest BCUT2D eigenvalue weighted by Crippen LogP contribution is -2.22. The molecule has 1 aliphatic carbocycles. The number of nitrogens with zero attached hydrogens (tertiary/aromatic N) is 2. The number of nitrogens with two attached hydrogens (primary N) is 1. The van der Waals surface area contributed by atoms with Crippen molar-refractivity contribution in [2.24, 2.45) is 12.8 Å². The van der Waals surface area contributed by atoms with Gasteiger partial charge >= 0.3 is 5.97 Å². The van der Waals surface area contributed by atoms with E-state index in [9.17, 15) is 9.59 Å². The molecule has 0 aliphatic heterocycles. The first-order valence-electron chi connectivity index (χ1n) is 8.05. The molecule has 8 nitrogen and oxygen atoms in total. The second kappa shape index (κ2) is 7.42. The normalized spacial score (nSPS) is 13.0. The Balaban J connectivity index is 1.85. The first kappa shape index (κ1) is 18.3. The fourth-order valence-electron chi connectivity index (χ4n) is 2.99. The number of aryl methyl sites for hydroxylation is 2. The highest BCUT2D eigenvalue weighted by atomic mass is 32.1. The number of amides is 1. The van der Waals surface area contributed by atoms with Crippen LogP contribution < -0.4 is 16.4 Å². The lowest BCUT2D eigenvalue weighted by molar-refractivity contribution is 0.0601. The Hall–Kier alpha value is -2.46. The number of fused-ring (bicyclic) bond motifs is 1. The van der Waals surface area contributed by atoms with Crippen LogP contribution in [-0.2, 0) is 24.6 Å². The number of thiophene rings is 1. The minimum Gasteiger partial charge on any atom is -0.465 e. The van der Waals surface area contributed by atoms with Crippen molar-refractivity contribution in [2.45, 2.75) is 25.7 Å². The summed E-state index contributed by atoms with van der Waals surface area (Å²) in [5.41, 5.74) is 7.40. The minimum atomic E-state index is -0.655. The molecule has 0 fully saturated rings. The number of anilines is 2. The highest BCUT2D eigenvalue weighted by Crippen LogP contribution is 2.38. The zero-order valence-corrected chi connectivity index (χ0v) is 16.1. The molecule has 0 bridgehead atoms. The number of nitrogens with one attached hydrogen (secondary N) is 2. The van der Waals surface area contributed by atoms with Gasteiger partial charge in [-0.05, 0) is 43.5 Å². The van der Waals surface area contributed by atoms with Gasteiger partial charge in [0.1, 0.15) is 5.00 Å². The van der Waals surface area contributed by atoms with Crippen molar-refractivity contribution < 1.29 is 14.3 Å². The highest BCUT2D eigenvalue weighted by molar-refractivity contribution is 7.80. The number of esters is 1. The molecule has 26 heavy (non-hydrogen) atoms. The zero-order valence-electron chi connectivity index (χ0n) is 14.4. The van der Waals surface area contributed by atoms with E-state index in [-0.39, 0.29) is 16.8 Å². The van der Waals surface area contributed by atoms with Crippen LogP contribution in [0.15, 0.2) is 6.20 Å². The van der Waals surface area contributed by atoms with Crippen LogP contribution in [0.1, 0.15) is 44.1 Å². The minimum absolute atomic E-state index is 0.0929. The molecule has 3 rings (SSSR count). The zero-order chi connectivity index (χ0) is 18.8. The third-order valence-electron chi connectivity index (χ3n) is 4.10. The van der Waals surface area contributed by atoms with Crippen molar-refractivity contribution in [3.8, 4) is 0 Å². The van der Waals surface area contributed by atoms with E-state index in [1.807, 2.05) is 0 Å². The van der Waals surface area contributed by atoms with E-state index in [4.69, 9.17) is 22.7 Å². The van der Waals surface area contributed by atoms with Gasteiger partial charge in [-0.25, -0.2) is 4.79 Å². The van der Waals surface area contributed by atoms with E-state index in [2.05, 4.69) is 15.7 Å². The van der Waals surface area contributed by atoms with E-state index in [1.165, 1.54) is 28.0 Å². The average Bonchev–Trinajstić information content (AvgIpc) is 3.14. The van der Waals surface area contributed by atoms with Crippen molar-refractivity contribution in [2.75, 3.05) is 17.7 Å². The summed E-state index contributed by atoms with van der Waals surface area (Å²) < 4.78 is 6.41. The van der Waals surface area contributed by atoms with Gasteiger partial charge < -0.3 is 21.1 Å². The molecule has 1 aliphatic rings. The van der Waals surface area contributed by atoms with Gasteiger partial charge in [0.25, 0.3) is 5.91 Å². The summed E-state index contributed by atoms with van der Waals surface area (Å²) in [6.45, 7) is 0. The summed E-state index contributed by atoms with van der Waals surface area (Å²) in [4.78, 5) is 24.9. The lowest BCUT2D eigenvalue weighted by atomic mass is 9.95. The van der Waals surface area contributed by atoms with Gasteiger partial charge in [0.15, 0.2) is 10.8 Å². The second-order valence-electron chi connectivity index (χ2n) is 5.92. The first-order chi connectivity index (χ1) is 12.4. The van der Waals surface area contributed by atoms with Crippen LogP contribution in [0, 0.1) is 0 Å². The molecule has 2 aromatic heterocycles. The first-order valence-corrected chi connectivity index (χ1v) is 9.27. The molecule has 2 aromatic rings. The molecule has 0 atom stereocenters. The van der Waals surface area contributed by atoms with Crippen molar-refractivity contribution >= 4 is 51.2 Å². The Morgan fingerprint density at radius 2 is 2.08 bits per heavy atom. The van der Waals surface area contributed by atoms with Crippen LogP contribution in [-0.4, -0.2) is 33.9 Å². The van der Waals surface area contributed by atoms with E-state index in [1.54, 1.807) is 13.2 Å². The SMILES string of the molecule is COC(=O)c1c(NC(=S)Nc2cn(C)nc2C(N)=O)sc2c1CCCC2. The largest absolute Gasteiger partial charge is 0.465 e. The fraction of sp³-hybridized carbons (Fsp3) is 0.375. The number of primary amides is 1. The Bertz CT molecular complexity index is 887. The van der Waals surface area contributed by atoms with Crippen molar-refractivity contribution in [3.05, 3.63) is 27.9 Å². The Morgan fingerprint density at radius 3 is 2.77 bits per heavy atom. The summed E-state index contributed by atoms with van der Waals surface area (Å²) in [6.07, 6.45) is 5.56. The molecule has 0 saturated carbocycles. The molecule has 0 spiro atoms. The third kappa shape index (κ3) is 3.56. The quantitative estimate of drug-likeness (QED) is 0.538. The maximum Gasteiger partial charge on any atom is 0.341 e. The number of ether oxygens (including phenoxy) is 1. The number of carbonyl (C=O) groups excluding carboxylic acids is 2. The van der Waals surface area contributed by atoms with Crippen LogP contribution in [0.5, 0.6) is 0 Å². The van der Waals surface area contributed by atoms with E-state index < -0.39 is 5.91 Å². The fourth-order valence-corrected chi connectivity index (χ4v) is 4.55. The van der Waals surface area contributed by atoms with Crippen LogP contribution in [0.25, 0.3) is 0 Å². The molecule has 1 amide bonds. The predicted octanol–water partition coefficient (Wildman–Crippen LogP) is 2.05. The molecular formula is C16H19N5O3S2. The maximum atomic E-state index is 12.3. The molecule has 0 aromatic carbocycles. The monoisotopic (exact) mass is 393 g/mol. The van der Waals surface area contributed by atoms with E-state index in [0.29, 0.717) is 16.3 Å². The van der Waals surface area contributed by atoms with Crippen molar-refractivity contribution in [1.82, 2.24) is 9.78 Å². The number of hydrogen-bond donors (Lipinski definition) is 3. The summed E-state index contributed by atoms with van der Waals surface area (Å²) in [5, 5.41) is 10.9. The van der Waals surface area contributed by atoms with Gasteiger partial charge in [-0.1, -0.05) is 0 Å². The smallest absolute Gasteiger partial charge is 0.341 e. The van der Waals surface area contributed by atoms with Gasteiger partial charge in [0.2, 0.25) is 0 Å². The summed E-state index contributed by atoms with van der Waals surface area (Å²) in [7, 11) is 3.04. The van der Waals surface area contributed by atoms with Crippen LogP contribution >= 0.6 is 23.6 Å². The standard InChI is InChI=1S/C16H19N5O3S2/c1-21-7-9(12(20-21)13(17)22)18-16(25)19-14-11(15(23)24-2)8-5-3-4-6-10(8)26-14/h7H,3-6H2,1-2H3,(H2,17,22)(H2,18,19,25). The second-order valence-corrected chi connectivity index (χ2v) is 7.43. The lowest BCUT2D eigenvalue weighted by Gasteiger charge is -2.12. The number of methoxy groups -OCH3 is 1. The van der Waals surface area contributed by atoms with Gasteiger partial charge in [-0.3, -0.25) is 9.48 Å². The number of aromatic nitrogens is 2. The predicted molar refractivity (Wildman–Crippen MR) is 104 cm³/mol. The number of thiocarbonyl (C=S) groups is 1. The maximum absolute atomic E-state index is 12.3. The number of rotatable bonds is 4. The third-order valence-corrected chi connectivity index (χ3v) is 5.51. The molecule has 4 N–H and O–H groups in total. The van der Waals surface area contributed by atoms with Crippen LogP contribution in [0.3, 0.4) is 0 Å². The Kier molecular flexibility index (Phi) is 5.23. The van der Waals surface area contributed by atoms with E-state index >= 15 is 0 Å². The van der Waals surface area contributed by atoms with Gasteiger partial charge in [-0.2, -0.15) is 5.10 Å². The number of carbonyl (C=O) groups is 2. The molecule has 0 unspecified atom stereocenters. The van der Waals surface area contributed by atoms with Crippen LogP contribution in [0.2, 0.25) is 0 Å². The molecule has 10 heteroatoms. The Labute approximate surface area is 159 Å². The highest BCUT2D eigenvalue weighted by Gasteiger charge is 2.26. The summed E-state index contributed by atoms with van der Waals surface area (Å²) in [5.74, 6) is -1.04. The van der Waals surface area contributed by atoms with Crippen LogP contribution in [0.4, 0.5) is 10.7 Å². The van der Waals surface area contributed by atoms with Gasteiger partial charge in [0.05, 0.1) is 18.4 Å². The average molecular weight is 393 g/mol.